The predicted molar refractivity (Wildman–Crippen MR) is 94.4 cm³/mol. The molecule has 2 aliphatic rings. The molecule has 0 unspecified atom stereocenters. The van der Waals surface area contributed by atoms with Gasteiger partial charge in [-0.2, -0.15) is 0 Å². The highest BCUT2D eigenvalue weighted by molar-refractivity contribution is 14.0. The zero-order chi connectivity index (χ0) is 13.6. The van der Waals surface area contributed by atoms with Crippen molar-refractivity contribution in [3.05, 3.63) is 23.9 Å². The Kier molecular flexibility index (Phi) is 6.50. The Bertz CT molecular complexity index is 459. The average molecular weight is 403 g/mol. The first kappa shape index (κ1) is 16.3. The number of nitrogens with one attached hydrogen (secondary N) is 2. The fourth-order valence-corrected chi connectivity index (χ4v) is 2.34. The minimum absolute atomic E-state index is 0. The number of rotatable bonds is 3. The van der Waals surface area contributed by atoms with Gasteiger partial charge in [-0.1, -0.05) is 6.07 Å². The zero-order valence-corrected chi connectivity index (χ0v) is 14.4. The summed E-state index contributed by atoms with van der Waals surface area (Å²) in [6.07, 6.45) is 3.04. The molecule has 6 nitrogen and oxygen atoms in total. The fraction of sp³-hybridized carbons (Fsp3) is 0.571. The van der Waals surface area contributed by atoms with Crippen molar-refractivity contribution in [2.24, 2.45) is 4.99 Å². The molecule has 1 saturated heterocycles. The van der Waals surface area contributed by atoms with E-state index in [-0.39, 0.29) is 24.0 Å². The molecule has 116 valence electrons. The predicted octanol–water partition coefficient (Wildman–Crippen LogP) is 0.975. The summed E-state index contributed by atoms with van der Waals surface area (Å²) in [5.74, 6) is 1.93. The van der Waals surface area contributed by atoms with E-state index >= 15 is 0 Å². The summed E-state index contributed by atoms with van der Waals surface area (Å²) in [7, 11) is 0. The molecule has 0 atom stereocenters. The zero-order valence-electron chi connectivity index (χ0n) is 12.0. The quantitative estimate of drug-likeness (QED) is 0.737. The lowest BCUT2D eigenvalue weighted by Gasteiger charge is -2.27. The molecule has 0 spiro atoms. The van der Waals surface area contributed by atoms with Gasteiger partial charge in [0.05, 0.1) is 13.2 Å². The number of guanidine groups is 1. The van der Waals surface area contributed by atoms with Crippen molar-refractivity contribution in [2.75, 3.05) is 44.3 Å². The first-order chi connectivity index (χ1) is 9.92. The molecule has 3 rings (SSSR count). The molecule has 0 saturated carbocycles. The number of hydrogen-bond donors (Lipinski definition) is 2. The summed E-state index contributed by atoms with van der Waals surface area (Å²) in [4.78, 5) is 11.2. The minimum atomic E-state index is 0. The van der Waals surface area contributed by atoms with Gasteiger partial charge in [-0.15, -0.1) is 24.0 Å². The Hall–Kier alpha value is -1.09. The molecule has 0 bridgehead atoms. The molecule has 0 radical (unpaired) electrons. The van der Waals surface area contributed by atoms with Gasteiger partial charge in [0.15, 0.2) is 5.96 Å². The van der Waals surface area contributed by atoms with Crippen LogP contribution < -0.4 is 15.5 Å². The number of aliphatic imine (C=N–C) groups is 1. The number of halogens is 1. The second-order valence-electron chi connectivity index (χ2n) is 4.99. The molecule has 1 aromatic heterocycles. The molecule has 3 heterocycles. The number of anilines is 1. The summed E-state index contributed by atoms with van der Waals surface area (Å²) in [6, 6.07) is 4.20. The maximum absolute atomic E-state index is 5.35. The molecular weight excluding hydrogens is 381 g/mol. The molecule has 2 aliphatic heterocycles. The highest BCUT2D eigenvalue weighted by Gasteiger charge is 2.12. The first-order valence-electron chi connectivity index (χ1n) is 7.22. The normalized spacial score (nSPS) is 18.3. The first-order valence-corrected chi connectivity index (χ1v) is 7.22. The van der Waals surface area contributed by atoms with Crippen molar-refractivity contribution in [3.63, 3.8) is 0 Å². The Balaban J connectivity index is 0.00000161. The Labute approximate surface area is 142 Å². The van der Waals surface area contributed by atoms with E-state index in [0.717, 1.165) is 69.7 Å². The van der Waals surface area contributed by atoms with Gasteiger partial charge in [0.25, 0.3) is 0 Å². The number of ether oxygens (including phenoxy) is 1. The summed E-state index contributed by atoms with van der Waals surface area (Å²) < 4.78 is 5.35. The smallest absolute Gasteiger partial charge is 0.191 e. The number of aromatic nitrogens is 1. The highest BCUT2D eigenvalue weighted by atomic mass is 127. The number of morpholine rings is 1. The average Bonchev–Trinajstić information content (AvgIpc) is 2.55. The SMILES string of the molecule is I.c1cc(N2CCOCC2)ncc1CNC1=NCCCN1. The van der Waals surface area contributed by atoms with Gasteiger partial charge in [0, 0.05) is 38.9 Å². The fourth-order valence-electron chi connectivity index (χ4n) is 2.34. The Morgan fingerprint density at radius 1 is 1.29 bits per heavy atom. The van der Waals surface area contributed by atoms with Crippen LogP contribution in [0.5, 0.6) is 0 Å². The van der Waals surface area contributed by atoms with Crippen molar-refractivity contribution in [1.29, 1.82) is 0 Å². The summed E-state index contributed by atoms with van der Waals surface area (Å²) in [6.45, 7) is 6.08. The van der Waals surface area contributed by atoms with Crippen LogP contribution in [-0.2, 0) is 11.3 Å². The molecular formula is C14H22IN5O. The number of hydrogen-bond acceptors (Lipinski definition) is 6. The topological polar surface area (TPSA) is 61.8 Å². The van der Waals surface area contributed by atoms with E-state index in [0.29, 0.717) is 0 Å². The molecule has 0 aliphatic carbocycles. The molecule has 0 amide bonds. The maximum Gasteiger partial charge on any atom is 0.191 e. The second kappa shape index (κ2) is 8.38. The lowest BCUT2D eigenvalue weighted by Crippen LogP contribution is -2.40. The van der Waals surface area contributed by atoms with E-state index in [1.807, 2.05) is 6.20 Å². The van der Waals surface area contributed by atoms with Gasteiger partial charge in [-0.3, -0.25) is 4.99 Å². The highest BCUT2D eigenvalue weighted by Crippen LogP contribution is 2.12. The van der Waals surface area contributed by atoms with Crippen molar-refractivity contribution in [3.8, 4) is 0 Å². The van der Waals surface area contributed by atoms with E-state index in [9.17, 15) is 0 Å². The summed E-state index contributed by atoms with van der Waals surface area (Å²) in [5, 5.41) is 6.55. The van der Waals surface area contributed by atoms with E-state index in [1.54, 1.807) is 0 Å². The van der Waals surface area contributed by atoms with E-state index in [2.05, 4.69) is 37.6 Å². The van der Waals surface area contributed by atoms with Crippen LogP contribution in [0.2, 0.25) is 0 Å². The van der Waals surface area contributed by atoms with Crippen molar-refractivity contribution >= 4 is 35.8 Å². The van der Waals surface area contributed by atoms with Gasteiger partial charge in [-0.05, 0) is 18.1 Å². The standard InChI is InChI=1S/C14H21N5O.HI/c1-4-15-14(16-5-1)18-11-12-2-3-13(17-10-12)19-6-8-20-9-7-19;/h2-3,10H,1,4-9,11H2,(H2,15,16,18);1H. The molecule has 1 fully saturated rings. The third-order valence-corrected chi connectivity index (χ3v) is 3.50. The van der Waals surface area contributed by atoms with Crippen LogP contribution in [0.1, 0.15) is 12.0 Å². The lowest BCUT2D eigenvalue weighted by atomic mass is 10.2. The summed E-state index contributed by atoms with van der Waals surface area (Å²) >= 11 is 0. The van der Waals surface area contributed by atoms with Crippen LogP contribution in [0.3, 0.4) is 0 Å². The molecule has 21 heavy (non-hydrogen) atoms. The van der Waals surface area contributed by atoms with Crippen LogP contribution >= 0.6 is 24.0 Å². The second-order valence-corrected chi connectivity index (χ2v) is 4.99. The van der Waals surface area contributed by atoms with Crippen molar-refractivity contribution in [1.82, 2.24) is 15.6 Å². The third-order valence-electron chi connectivity index (χ3n) is 3.50. The number of nitrogens with zero attached hydrogens (tertiary/aromatic N) is 3. The van der Waals surface area contributed by atoms with Crippen LogP contribution in [0.25, 0.3) is 0 Å². The Morgan fingerprint density at radius 2 is 2.14 bits per heavy atom. The van der Waals surface area contributed by atoms with Crippen LogP contribution in [0, 0.1) is 0 Å². The largest absolute Gasteiger partial charge is 0.378 e. The molecule has 1 aromatic rings. The van der Waals surface area contributed by atoms with Gasteiger partial charge in [0.1, 0.15) is 5.82 Å². The van der Waals surface area contributed by atoms with Crippen LogP contribution in [0.15, 0.2) is 23.3 Å². The van der Waals surface area contributed by atoms with E-state index in [1.165, 1.54) is 0 Å². The van der Waals surface area contributed by atoms with Gasteiger partial charge >= 0.3 is 0 Å². The van der Waals surface area contributed by atoms with Crippen LogP contribution in [0.4, 0.5) is 5.82 Å². The minimum Gasteiger partial charge on any atom is -0.378 e. The van der Waals surface area contributed by atoms with Gasteiger partial charge in [-0.25, -0.2) is 4.98 Å². The van der Waals surface area contributed by atoms with Crippen LogP contribution in [-0.4, -0.2) is 50.3 Å². The van der Waals surface area contributed by atoms with Crippen molar-refractivity contribution in [2.45, 2.75) is 13.0 Å². The van der Waals surface area contributed by atoms with E-state index < -0.39 is 0 Å². The third kappa shape index (κ3) is 4.70. The Morgan fingerprint density at radius 3 is 2.81 bits per heavy atom. The van der Waals surface area contributed by atoms with Gasteiger partial charge in [0.2, 0.25) is 0 Å². The molecule has 7 heteroatoms. The number of pyridine rings is 1. The molecule has 0 aromatic carbocycles. The van der Waals surface area contributed by atoms with Crippen molar-refractivity contribution < 1.29 is 4.74 Å². The van der Waals surface area contributed by atoms with Gasteiger partial charge < -0.3 is 20.3 Å². The summed E-state index contributed by atoms with van der Waals surface area (Å²) in [5.41, 5.74) is 1.16. The maximum atomic E-state index is 5.35. The van der Waals surface area contributed by atoms with E-state index in [4.69, 9.17) is 4.74 Å². The lowest BCUT2D eigenvalue weighted by molar-refractivity contribution is 0.122. The monoisotopic (exact) mass is 403 g/mol. The molecule has 2 N–H and O–H groups in total.